The number of benzene rings is 1. The van der Waals surface area contributed by atoms with Gasteiger partial charge in [0.05, 0.1) is 10.0 Å². The van der Waals surface area contributed by atoms with Crippen LogP contribution in [0.3, 0.4) is 0 Å². The third-order valence-electron chi connectivity index (χ3n) is 3.67. The van der Waals surface area contributed by atoms with Gasteiger partial charge in [0.25, 0.3) is 0 Å². The lowest BCUT2D eigenvalue weighted by atomic mass is 10.2. The Morgan fingerprint density at radius 3 is 2.75 bits per heavy atom. The van der Waals surface area contributed by atoms with Crippen LogP contribution < -0.4 is 10.6 Å². The molecule has 2 aromatic rings. The predicted molar refractivity (Wildman–Crippen MR) is 114 cm³/mol. The van der Waals surface area contributed by atoms with Gasteiger partial charge in [-0.05, 0) is 61.3 Å². The molecule has 0 saturated heterocycles. The molecule has 0 bridgehead atoms. The Labute approximate surface area is 178 Å². The normalized spacial score (nSPS) is 12.4. The highest BCUT2D eigenvalue weighted by atomic mass is 79.9. The zero-order chi connectivity index (χ0) is 20.9. The number of hydrogen-bond donors (Lipinski definition) is 3. The number of carbonyl (C=O) groups excluding carboxylic acids is 1. The van der Waals surface area contributed by atoms with Crippen molar-refractivity contribution in [1.82, 2.24) is 15.3 Å². The van der Waals surface area contributed by atoms with E-state index in [1.165, 1.54) is 6.07 Å². The third kappa shape index (κ3) is 6.53. The Morgan fingerprint density at radius 1 is 1.39 bits per heavy atom. The van der Waals surface area contributed by atoms with E-state index in [1.54, 1.807) is 18.3 Å². The number of alkyl carbamates (subject to hydrolysis) is 1. The van der Waals surface area contributed by atoms with Crippen molar-refractivity contribution in [3.8, 4) is 17.1 Å². The van der Waals surface area contributed by atoms with Crippen molar-refractivity contribution in [1.29, 1.82) is 0 Å². The number of phenols is 1. The Hall–Kier alpha value is -2.06. The summed E-state index contributed by atoms with van der Waals surface area (Å²) in [6.45, 7) is 7.85. The van der Waals surface area contributed by atoms with Gasteiger partial charge in [0.2, 0.25) is 0 Å². The number of amides is 1. The molecule has 0 saturated carbocycles. The summed E-state index contributed by atoms with van der Waals surface area (Å²) in [5.74, 6) is 0.906. The van der Waals surface area contributed by atoms with Gasteiger partial charge in [0.1, 0.15) is 17.2 Å². The second-order valence-electron chi connectivity index (χ2n) is 7.18. The third-order valence-corrected chi connectivity index (χ3v) is 4.49. The van der Waals surface area contributed by atoms with Crippen LogP contribution in [0.4, 0.5) is 10.6 Å². The maximum absolute atomic E-state index is 12.0. The van der Waals surface area contributed by atoms with E-state index < -0.39 is 11.7 Å². The molecule has 0 aliphatic carbocycles. The van der Waals surface area contributed by atoms with E-state index in [1.807, 2.05) is 27.7 Å². The number of carbonyl (C=O) groups is 1. The standard InChI is InChI=1S/C19H24BrClN4O3/c1-5-12(24-18(27)28-19(2,3)4)9-22-17-14(20)10-23-16(25-17)13-8-11(21)6-7-15(13)26/h6-8,10,12,26H,5,9H2,1-4H3,(H,24,27)(H,22,23,25). The highest BCUT2D eigenvalue weighted by Gasteiger charge is 2.19. The Bertz CT molecular complexity index is 842. The van der Waals surface area contributed by atoms with Crippen LogP contribution in [-0.4, -0.2) is 39.4 Å². The molecule has 1 unspecified atom stereocenters. The molecule has 0 aliphatic rings. The summed E-state index contributed by atoms with van der Waals surface area (Å²) in [6, 6.07) is 4.53. The Kier molecular flexibility index (Phi) is 7.48. The van der Waals surface area contributed by atoms with E-state index in [2.05, 4.69) is 36.5 Å². The van der Waals surface area contributed by atoms with E-state index in [9.17, 15) is 9.90 Å². The largest absolute Gasteiger partial charge is 0.507 e. The molecule has 1 amide bonds. The lowest BCUT2D eigenvalue weighted by Gasteiger charge is -2.23. The molecule has 0 fully saturated rings. The van der Waals surface area contributed by atoms with E-state index in [4.69, 9.17) is 16.3 Å². The molecule has 7 nitrogen and oxygen atoms in total. The van der Waals surface area contributed by atoms with E-state index in [0.29, 0.717) is 39.7 Å². The first-order valence-electron chi connectivity index (χ1n) is 8.84. The average Bonchev–Trinajstić information content (AvgIpc) is 2.60. The molecule has 1 aromatic heterocycles. The van der Waals surface area contributed by atoms with Crippen LogP contribution in [0, 0.1) is 0 Å². The highest BCUT2D eigenvalue weighted by molar-refractivity contribution is 9.10. The minimum atomic E-state index is -0.556. The van der Waals surface area contributed by atoms with Crippen molar-refractivity contribution >= 4 is 39.4 Å². The fourth-order valence-electron chi connectivity index (χ4n) is 2.30. The van der Waals surface area contributed by atoms with Crippen LogP contribution in [0.25, 0.3) is 11.4 Å². The summed E-state index contributed by atoms with van der Waals surface area (Å²) in [5, 5.41) is 16.6. The van der Waals surface area contributed by atoms with Crippen LogP contribution >= 0.6 is 27.5 Å². The Morgan fingerprint density at radius 2 is 2.11 bits per heavy atom. The van der Waals surface area contributed by atoms with Crippen molar-refractivity contribution in [2.75, 3.05) is 11.9 Å². The van der Waals surface area contributed by atoms with Crippen LogP contribution in [0.2, 0.25) is 5.02 Å². The average molecular weight is 472 g/mol. The lowest BCUT2D eigenvalue weighted by molar-refractivity contribution is 0.0506. The molecular formula is C19H24BrClN4O3. The molecule has 9 heteroatoms. The van der Waals surface area contributed by atoms with Gasteiger partial charge < -0.3 is 20.5 Å². The minimum absolute atomic E-state index is 0.0377. The summed E-state index contributed by atoms with van der Waals surface area (Å²) in [7, 11) is 0. The predicted octanol–water partition coefficient (Wildman–Crippen LogP) is 4.98. The smallest absolute Gasteiger partial charge is 0.407 e. The topological polar surface area (TPSA) is 96.4 Å². The summed E-state index contributed by atoms with van der Waals surface area (Å²) in [5.41, 5.74) is -0.124. The number of aromatic hydroxyl groups is 1. The number of rotatable bonds is 6. The lowest BCUT2D eigenvalue weighted by Crippen LogP contribution is -2.42. The summed E-state index contributed by atoms with van der Waals surface area (Å²) < 4.78 is 5.95. The SMILES string of the molecule is CCC(CNc1nc(-c2cc(Cl)ccc2O)ncc1Br)NC(=O)OC(C)(C)C. The summed E-state index contributed by atoms with van der Waals surface area (Å²) in [6.07, 6.45) is 1.83. The van der Waals surface area contributed by atoms with Crippen molar-refractivity contribution in [2.24, 2.45) is 0 Å². The molecule has 28 heavy (non-hydrogen) atoms. The number of aromatic nitrogens is 2. The zero-order valence-corrected chi connectivity index (χ0v) is 18.6. The fraction of sp³-hybridized carbons (Fsp3) is 0.421. The first-order valence-corrected chi connectivity index (χ1v) is 10.0. The molecule has 152 valence electrons. The summed E-state index contributed by atoms with van der Waals surface area (Å²) in [4.78, 5) is 20.7. The van der Waals surface area contributed by atoms with Crippen LogP contribution in [0.15, 0.2) is 28.9 Å². The number of anilines is 1. The number of phenolic OH excluding ortho intramolecular Hbond substituents is 1. The van der Waals surface area contributed by atoms with Gasteiger partial charge in [-0.3, -0.25) is 0 Å². The van der Waals surface area contributed by atoms with Crippen LogP contribution in [0.5, 0.6) is 5.75 Å². The van der Waals surface area contributed by atoms with Crippen molar-refractivity contribution < 1.29 is 14.6 Å². The fourth-order valence-corrected chi connectivity index (χ4v) is 2.80. The maximum Gasteiger partial charge on any atom is 0.407 e. The second-order valence-corrected chi connectivity index (χ2v) is 8.47. The monoisotopic (exact) mass is 470 g/mol. The molecule has 2 rings (SSSR count). The van der Waals surface area contributed by atoms with Gasteiger partial charge in [-0.25, -0.2) is 14.8 Å². The molecule has 0 radical (unpaired) electrons. The minimum Gasteiger partial charge on any atom is -0.507 e. The molecule has 1 atom stereocenters. The van der Waals surface area contributed by atoms with Crippen LogP contribution in [-0.2, 0) is 4.74 Å². The number of nitrogens with one attached hydrogen (secondary N) is 2. The molecule has 1 heterocycles. The number of ether oxygens (including phenoxy) is 1. The molecule has 3 N–H and O–H groups in total. The van der Waals surface area contributed by atoms with E-state index >= 15 is 0 Å². The van der Waals surface area contributed by atoms with Crippen molar-refractivity contribution in [2.45, 2.75) is 45.8 Å². The van der Waals surface area contributed by atoms with Crippen molar-refractivity contribution in [3.05, 3.63) is 33.9 Å². The zero-order valence-electron chi connectivity index (χ0n) is 16.2. The van der Waals surface area contributed by atoms with Gasteiger partial charge in [-0.15, -0.1) is 0 Å². The quantitative estimate of drug-likeness (QED) is 0.550. The van der Waals surface area contributed by atoms with Gasteiger partial charge >= 0.3 is 6.09 Å². The molecule has 0 spiro atoms. The van der Waals surface area contributed by atoms with E-state index in [0.717, 1.165) is 0 Å². The second kappa shape index (κ2) is 9.43. The number of hydrogen-bond acceptors (Lipinski definition) is 6. The first kappa shape index (κ1) is 22.2. The molecular weight excluding hydrogens is 448 g/mol. The maximum atomic E-state index is 12.0. The molecule has 1 aromatic carbocycles. The van der Waals surface area contributed by atoms with Gasteiger partial charge in [0, 0.05) is 23.8 Å². The van der Waals surface area contributed by atoms with Gasteiger partial charge in [0.15, 0.2) is 5.82 Å². The summed E-state index contributed by atoms with van der Waals surface area (Å²) >= 11 is 9.42. The van der Waals surface area contributed by atoms with Gasteiger partial charge in [-0.2, -0.15) is 0 Å². The van der Waals surface area contributed by atoms with Gasteiger partial charge in [-0.1, -0.05) is 18.5 Å². The first-order chi connectivity index (χ1) is 13.1. The highest BCUT2D eigenvalue weighted by Crippen LogP contribution is 2.31. The molecule has 0 aliphatic heterocycles. The van der Waals surface area contributed by atoms with Crippen LogP contribution in [0.1, 0.15) is 34.1 Å². The van der Waals surface area contributed by atoms with Crippen molar-refractivity contribution in [3.63, 3.8) is 0 Å². The number of nitrogens with zero attached hydrogens (tertiary/aromatic N) is 2. The number of halogens is 2. The Balaban J connectivity index is 2.11. The van der Waals surface area contributed by atoms with E-state index in [-0.39, 0.29) is 11.8 Å².